The average Bonchev–Trinajstić information content (AvgIpc) is 3.44. The number of hydrogen-bond acceptors (Lipinski definition) is 8. The number of hydrogen-bond donors (Lipinski definition) is 0. The van der Waals surface area contributed by atoms with Gasteiger partial charge in [0.05, 0.1) is 20.1 Å². The summed E-state index contributed by atoms with van der Waals surface area (Å²) in [6, 6.07) is 18.7. The minimum atomic E-state index is -0.458. The summed E-state index contributed by atoms with van der Waals surface area (Å²) in [5.74, 6) is 0. The maximum absolute atomic E-state index is 11.1. The molecule has 0 N–H and O–H groups in total. The van der Waals surface area contributed by atoms with Crippen LogP contribution in [0.15, 0.2) is 78.2 Å². The van der Waals surface area contributed by atoms with Gasteiger partial charge in [-0.25, -0.2) is 0 Å². The fourth-order valence-electron chi connectivity index (χ4n) is 3.75. The Morgan fingerprint density at radius 1 is 0.649 bits per heavy atom. The lowest BCUT2D eigenvalue weighted by Crippen LogP contribution is -2.44. The number of non-ortho nitro benzene ring substituents is 3. The van der Waals surface area contributed by atoms with E-state index in [1.807, 2.05) is 21.9 Å². The second kappa shape index (κ2) is 9.68. The van der Waals surface area contributed by atoms with Crippen LogP contribution >= 0.6 is 22.7 Å². The van der Waals surface area contributed by atoms with Gasteiger partial charge in [0.25, 0.3) is 17.1 Å². The van der Waals surface area contributed by atoms with E-state index in [0.717, 1.165) is 36.4 Å². The number of nitro groups is 3. The molecule has 0 saturated carbocycles. The molecule has 5 rings (SSSR count). The lowest BCUT2D eigenvalue weighted by Gasteiger charge is -1.95. The van der Waals surface area contributed by atoms with Gasteiger partial charge in [0.15, 0.2) is 0 Å². The highest BCUT2D eigenvalue weighted by Gasteiger charge is 2.22. The van der Waals surface area contributed by atoms with Crippen molar-refractivity contribution < 1.29 is 19.2 Å². The summed E-state index contributed by atoms with van der Waals surface area (Å²) >= 11 is 3.04. The molecule has 2 heterocycles. The van der Waals surface area contributed by atoms with Crippen molar-refractivity contribution in [2.45, 2.75) is 0 Å². The van der Waals surface area contributed by atoms with Gasteiger partial charge in [-0.2, -0.15) is 0 Å². The van der Waals surface area contributed by atoms with Crippen molar-refractivity contribution in [3.63, 3.8) is 0 Å². The molecule has 0 amide bonds. The van der Waals surface area contributed by atoms with Gasteiger partial charge in [-0.15, -0.1) is 4.40 Å². The van der Waals surface area contributed by atoms with Gasteiger partial charge < -0.3 is 0 Å². The van der Waals surface area contributed by atoms with Crippen LogP contribution in [0.5, 0.6) is 0 Å². The highest BCUT2D eigenvalue weighted by Crippen LogP contribution is 2.24. The minimum absolute atomic E-state index is 0.00295. The van der Waals surface area contributed by atoms with Gasteiger partial charge in [-0.3, -0.25) is 30.3 Å². The van der Waals surface area contributed by atoms with E-state index in [2.05, 4.69) is 0 Å². The smallest absolute Gasteiger partial charge is 0.258 e. The van der Waals surface area contributed by atoms with Crippen molar-refractivity contribution in [2.75, 3.05) is 0 Å². The highest BCUT2D eigenvalue weighted by molar-refractivity contribution is 7.34. The van der Waals surface area contributed by atoms with E-state index in [9.17, 15) is 30.3 Å². The predicted molar refractivity (Wildman–Crippen MR) is 140 cm³/mol. The molecule has 0 atom stereocenters. The Bertz CT molecular complexity index is 1790. The Balaban J connectivity index is 1.73. The van der Waals surface area contributed by atoms with E-state index in [0.29, 0.717) is 0 Å². The van der Waals surface area contributed by atoms with Gasteiger partial charge in [0.1, 0.15) is 4.53 Å². The molecule has 0 aliphatic heterocycles. The van der Waals surface area contributed by atoms with Gasteiger partial charge in [0, 0.05) is 48.0 Å². The van der Waals surface area contributed by atoms with Gasteiger partial charge in [-0.1, -0.05) is 22.7 Å². The zero-order chi connectivity index (χ0) is 26.1. The van der Waals surface area contributed by atoms with E-state index in [4.69, 9.17) is 0 Å². The van der Waals surface area contributed by atoms with Crippen LogP contribution in [-0.2, 0) is 0 Å². The molecule has 0 saturated heterocycles. The van der Waals surface area contributed by atoms with E-state index in [-0.39, 0.29) is 17.1 Å². The summed E-state index contributed by atoms with van der Waals surface area (Å²) in [4.78, 5) is 31.8. The largest absolute Gasteiger partial charge is 0.326 e. The normalized spacial score (nSPS) is 12.2. The van der Waals surface area contributed by atoms with Crippen molar-refractivity contribution in [3.05, 3.63) is 130 Å². The summed E-state index contributed by atoms with van der Waals surface area (Å²) in [5.41, 5.74) is 3.13. The van der Waals surface area contributed by atoms with Gasteiger partial charge >= 0.3 is 4.14 Å². The van der Waals surface area contributed by atoms with Crippen molar-refractivity contribution in [2.24, 2.45) is 0 Å². The number of benzene rings is 3. The van der Waals surface area contributed by atoms with E-state index < -0.39 is 14.8 Å². The third-order valence-corrected chi connectivity index (χ3v) is 7.74. The van der Waals surface area contributed by atoms with Crippen molar-refractivity contribution in [1.29, 1.82) is 0 Å². The topological polar surface area (TPSA) is 134 Å². The third kappa shape index (κ3) is 4.83. The second-order valence-corrected chi connectivity index (χ2v) is 10.0. The molecule has 0 aliphatic carbocycles. The number of rotatable bonds is 6. The molecular formula is C25H15N4O6S2+. The first kappa shape index (κ1) is 23.9. The lowest BCUT2D eigenvalue weighted by molar-refractivity contribution is -0.506. The first-order chi connectivity index (χ1) is 17.8. The standard InChI is InChI=1S/C25H15N4O6S2/c30-27(31)19-7-1-16(2-8-19)13-22-24(14-17-3-9-20(10-4-17)28(32)33)37-25-26(22)23(15-36-25)18-5-11-21(12-6-18)29(34)35/h1-15H/q+1/b22-13-,24-14+. The summed E-state index contributed by atoms with van der Waals surface area (Å²) in [6.45, 7) is 0. The maximum atomic E-state index is 11.1. The summed E-state index contributed by atoms with van der Waals surface area (Å²) in [7, 11) is 0. The highest BCUT2D eigenvalue weighted by atomic mass is 32.2. The number of nitro benzene ring substituents is 3. The molecule has 5 aromatic rings. The lowest BCUT2D eigenvalue weighted by atomic mass is 10.1. The molecule has 0 spiro atoms. The molecule has 0 bridgehead atoms. The monoisotopic (exact) mass is 531 g/mol. The molecule has 0 aliphatic rings. The van der Waals surface area contributed by atoms with Crippen LogP contribution in [0.2, 0.25) is 0 Å². The Labute approximate surface area is 215 Å². The van der Waals surface area contributed by atoms with Gasteiger partial charge in [-0.05, 0) is 53.6 Å². The zero-order valence-electron chi connectivity index (χ0n) is 18.7. The number of thiazole rings is 2. The summed E-state index contributed by atoms with van der Waals surface area (Å²) < 4.78 is 3.87. The first-order valence-corrected chi connectivity index (χ1v) is 12.4. The van der Waals surface area contributed by atoms with Crippen LogP contribution in [-0.4, -0.2) is 14.8 Å². The molecule has 10 nitrogen and oxygen atoms in total. The van der Waals surface area contributed by atoms with Crippen molar-refractivity contribution >= 4 is 56.0 Å². The molecule has 37 heavy (non-hydrogen) atoms. The van der Waals surface area contributed by atoms with Crippen LogP contribution in [0.25, 0.3) is 27.6 Å². The van der Waals surface area contributed by atoms with E-state index >= 15 is 0 Å². The molecule has 0 fully saturated rings. The Morgan fingerprint density at radius 3 is 1.59 bits per heavy atom. The summed E-state index contributed by atoms with van der Waals surface area (Å²) in [5, 5.41) is 35.9. The zero-order valence-corrected chi connectivity index (χ0v) is 20.3. The van der Waals surface area contributed by atoms with Crippen LogP contribution < -0.4 is 14.3 Å². The van der Waals surface area contributed by atoms with Crippen LogP contribution in [0.3, 0.4) is 0 Å². The molecule has 182 valence electrons. The predicted octanol–water partition coefficient (Wildman–Crippen LogP) is 4.60. The Hall–Kier alpha value is -4.81. The minimum Gasteiger partial charge on any atom is -0.258 e. The van der Waals surface area contributed by atoms with Gasteiger partial charge in [0.2, 0.25) is 11.0 Å². The fourth-order valence-corrected chi connectivity index (χ4v) is 6.04. The molecule has 2 aromatic heterocycles. The molecular weight excluding hydrogens is 516 g/mol. The Morgan fingerprint density at radius 2 is 1.11 bits per heavy atom. The molecule has 12 heteroatoms. The number of aromatic nitrogens is 1. The molecule has 0 radical (unpaired) electrons. The maximum Gasteiger partial charge on any atom is 0.326 e. The SMILES string of the molecule is O=[N+]([O-])c1ccc(/C=c2/c(=C\c3ccc([N+](=O)[O-])cc3)sc3scc(-c4ccc([N+](=O)[O-])cc4)[n+]23)cc1. The van der Waals surface area contributed by atoms with Crippen molar-refractivity contribution in [3.8, 4) is 11.3 Å². The Kier molecular flexibility index (Phi) is 6.26. The van der Waals surface area contributed by atoms with Crippen LogP contribution in [0.1, 0.15) is 11.1 Å². The van der Waals surface area contributed by atoms with Crippen molar-refractivity contribution in [1.82, 2.24) is 0 Å². The van der Waals surface area contributed by atoms with E-state index in [1.165, 1.54) is 59.1 Å². The molecule has 0 unspecified atom stereocenters. The number of fused-ring (bicyclic) bond motifs is 1. The van der Waals surface area contributed by atoms with Crippen LogP contribution in [0.4, 0.5) is 17.1 Å². The van der Waals surface area contributed by atoms with Crippen LogP contribution in [0, 0.1) is 30.3 Å². The second-order valence-electron chi connectivity index (χ2n) is 7.86. The third-order valence-electron chi connectivity index (χ3n) is 5.57. The average molecular weight is 532 g/mol. The first-order valence-electron chi connectivity index (χ1n) is 10.7. The quantitative estimate of drug-likeness (QED) is 0.179. The molecule has 3 aromatic carbocycles. The summed E-state index contributed by atoms with van der Waals surface area (Å²) in [6.07, 6.45) is 3.83. The number of nitrogens with zero attached hydrogens (tertiary/aromatic N) is 4. The van der Waals surface area contributed by atoms with E-state index in [1.54, 1.807) is 36.4 Å². The fraction of sp³-hybridized carbons (Fsp3) is 0.